The number of carbonyl (C=O) groups is 1. The summed E-state index contributed by atoms with van der Waals surface area (Å²) >= 11 is 1.41. The zero-order chi connectivity index (χ0) is 16.8. The van der Waals surface area contributed by atoms with Gasteiger partial charge < -0.3 is 10.1 Å². The van der Waals surface area contributed by atoms with Crippen LogP contribution in [-0.4, -0.2) is 15.9 Å². The highest BCUT2D eigenvalue weighted by Gasteiger charge is 2.11. The molecule has 0 saturated heterocycles. The lowest BCUT2D eigenvalue weighted by Gasteiger charge is -2.04. The van der Waals surface area contributed by atoms with Crippen LogP contribution in [0.5, 0.6) is 5.75 Å². The second kappa shape index (κ2) is 7.70. The van der Waals surface area contributed by atoms with E-state index in [0.29, 0.717) is 18.8 Å². The molecule has 0 radical (unpaired) electrons. The third kappa shape index (κ3) is 4.39. The van der Waals surface area contributed by atoms with E-state index in [1.807, 2.05) is 49.4 Å². The Morgan fingerprint density at radius 2 is 2.17 bits per heavy atom. The molecule has 3 aromatic rings. The van der Waals surface area contributed by atoms with Gasteiger partial charge in [-0.2, -0.15) is 0 Å². The molecule has 1 N–H and O–H groups in total. The van der Waals surface area contributed by atoms with Gasteiger partial charge in [-0.15, -0.1) is 11.3 Å². The highest BCUT2D eigenvalue weighted by molar-refractivity contribution is 7.09. The van der Waals surface area contributed by atoms with Crippen molar-refractivity contribution < 1.29 is 9.53 Å². The first-order valence-electron chi connectivity index (χ1n) is 7.53. The number of amides is 1. The van der Waals surface area contributed by atoms with Crippen molar-refractivity contribution in [3.8, 4) is 5.75 Å². The first kappa shape index (κ1) is 16.1. The molecule has 2 heterocycles. The summed E-state index contributed by atoms with van der Waals surface area (Å²) in [6.45, 7) is 2.74. The molecule has 0 spiro atoms. The molecule has 5 nitrogen and oxygen atoms in total. The number of hydrogen-bond donors (Lipinski definition) is 1. The summed E-state index contributed by atoms with van der Waals surface area (Å²) in [5, 5.41) is 5.31. The highest BCUT2D eigenvalue weighted by atomic mass is 32.1. The van der Waals surface area contributed by atoms with E-state index in [-0.39, 0.29) is 5.91 Å². The van der Waals surface area contributed by atoms with Crippen LogP contribution in [0.1, 0.15) is 26.8 Å². The number of aryl methyl sites for hydroxylation is 1. The van der Waals surface area contributed by atoms with Crippen molar-refractivity contribution in [3.05, 3.63) is 76.0 Å². The molecule has 6 heteroatoms. The zero-order valence-corrected chi connectivity index (χ0v) is 14.0. The molecule has 1 amide bonds. The maximum absolute atomic E-state index is 12.1. The molecule has 0 bridgehead atoms. The van der Waals surface area contributed by atoms with Crippen LogP contribution in [-0.2, 0) is 13.2 Å². The van der Waals surface area contributed by atoms with E-state index in [1.54, 1.807) is 11.6 Å². The normalized spacial score (nSPS) is 10.4. The van der Waals surface area contributed by atoms with Gasteiger partial charge in [0.15, 0.2) is 0 Å². The van der Waals surface area contributed by atoms with Crippen LogP contribution in [0.2, 0.25) is 0 Å². The number of pyridine rings is 1. The third-order valence-electron chi connectivity index (χ3n) is 3.29. The van der Waals surface area contributed by atoms with Gasteiger partial charge in [0.25, 0.3) is 5.91 Å². The minimum Gasteiger partial charge on any atom is -0.486 e. The lowest BCUT2D eigenvalue weighted by atomic mass is 10.2. The van der Waals surface area contributed by atoms with Crippen molar-refractivity contribution >= 4 is 17.2 Å². The summed E-state index contributed by atoms with van der Waals surface area (Å²) in [6, 6.07) is 13.4. The molecule has 0 fully saturated rings. The highest BCUT2D eigenvalue weighted by Crippen LogP contribution is 2.16. The molecule has 122 valence electrons. The third-order valence-corrected chi connectivity index (χ3v) is 4.11. The van der Waals surface area contributed by atoms with Crippen LogP contribution in [0, 0.1) is 6.92 Å². The molecular formula is C18H17N3O2S. The van der Waals surface area contributed by atoms with Crippen LogP contribution in [0.15, 0.2) is 54.0 Å². The molecule has 0 aliphatic rings. The minimum absolute atomic E-state index is 0.210. The molecule has 0 aliphatic heterocycles. The summed E-state index contributed by atoms with van der Waals surface area (Å²) in [6.07, 6.45) is 1.70. The largest absolute Gasteiger partial charge is 0.486 e. The van der Waals surface area contributed by atoms with Crippen LogP contribution >= 0.6 is 11.3 Å². The van der Waals surface area contributed by atoms with E-state index in [2.05, 4.69) is 15.3 Å². The Balaban J connectivity index is 1.53. The van der Waals surface area contributed by atoms with Gasteiger partial charge in [-0.1, -0.05) is 18.2 Å². The summed E-state index contributed by atoms with van der Waals surface area (Å²) in [5.41, 5.74) is 2.35. The lowest BCUT2D eigenvalue weighted by Crippen LogP contribution is -2.23. The average molecular weight is 339 g/mol. The van der Waals surface area contributed by atoms with Crippen LogP contribution < -0.4 is 10.1 Å². The van der Waals surface area contributed by atoms with Gasteiger partial charge in [0.1, 0.15) is 23.1 Å². The van der Waals surface area contributed by atoms with E-state index < -0.39 is 0 Å². The number of benzene rings is 1. The number of nitrogens with one attached hydrogen (secondary N) is 1. The molecule has 0 aliphatic carbocycles. The Bertz CT molecular complexity index is 818. The number of thiazole rings is 1. The van der Waals surface area contributed by atoms with Crippen LogP contribution in [0.4, 0.5) is 0 Å². The van der Waals surface area contributed by atoms with Crippen LogP contribution in [0.25, 0.3) is 0 Å². The fourth-order valence-corrected chi connectivity index (χ4v) is 2.78. The van der Waals surface area contributed by atoms with Gasteiger partial charge in [0, 0.05) is 11.6 Å². The second-order valence-electron chi connectivity index (χ2n) is 5.24. The van der Waals surface area contributed by atoms with Gasteiger partial charge in [0.2, 0.25) is 0 Å². The SMILES string of the molecule is Cc1cccc(OCc2nc(C(=O)NCc3ccccn3)cs2)c1. The van der Waals surface area contributed by atoms with Gasteiger partial charge in [-0.25, -0.2) is 4.98 Å². The fraction of sp³-hybridized carbons (Fsp3) is 0.167. The lowest BCUT2D eigenvalue weighted by molar-refractivity contribution is 0.0946. The van der Waals surface area contributed by atoms with Gasteiger partial charge in [-0.05, 0) is 36.8 Å². The van der Waals surface area contributed by atoms with E-state index in [0.717, 1.165) is 22.0 Å². The van der Waals surface area contributed by atoms with E-state index in [1.165, 1.54) is 11.3 Å². The number of nitrogens with zero attached hydrogens (tertiary/aromatic N) is 2. The molecule has 1 aromatic carbocycles. The predicted molar refractivity (Wildman–Crippen MR) is 93.0 cm³/mol. The molecule has 0 atom stereocenters. The van der Waals surface area contributed by atoms with Crippen molar-refractivity contribution in [2.24, 2.45) is 0 Å². The molecule has 0 unspecified atom stereocenters. The first-order chi connectivity index (χ1) is 11.7. The van der Waals surface area contributed by atoms with Crippen molar-refractivity contribution in [3.63, 3.8) is 0 Å². The molecule has 0 saturated carbocycles. The van der Waals surface area contributed by atoms with Gasteiger partial charge >= 0.3 is 0 Å². The average Bonchev–Trinajstić information content (AvgIpc) is 3.08. The molecule has 2 aromatic heterocycles. The predicted octanol–water partition coefficient (Wildman–Crippen LogP) is 3.36. The molecule has 24 heavy (non-hydrogen) atoms. The summed E-state index contributed by atoms with van der Waals surface area (Å²) in [4.78, 5) is 20.6. The fourth-order valence-electron chi connectivity index (χ4n) is 2.10. The van der Waals surface area contributed by atoms with Crippen molar-refractivity contribution in [1.29, 1.82) is 0 Å². The van der Waals surface area contributed by atoms with E-state index in [4.69, 9.17) is 4.74 Å². The Morgan fingerprint density at radius 3 is 2.96 bits per heavy atom. The minimum atomic E-state index is -0.210. The van der Waals surface area contributed by atoms with Gasteiger partial charge in [-0.3, -0.25) is 9.78 Å². The Labute approximate surface area is 144 Å². The zero-order valence-electron chi connectivity index (χ0n) is 13.2. The second-order valence-corrected chi connectivity index (χ2v) is 6.18. The standard InChI is InChI=1S/C18H17N3O2S/c1-13-5-4-7-15(9-13)23-11-17-21-16(12-24-17)18(22)20-10-14-6-2-3-8-19-14/h2-9,12H,10-11H2,1H3,(H,20,22). The topological polar surface area (TPSA) is 64.1 Å². The van der Waals surface area contributed by atoms with E-state index in [9.17, 15) is 4.79 Å². The summed E-state index contributed by atoms with van der Waals surface area (Å²) in [7, 11) is 0. The number of hydrogen-bond acceptors (Lipinski definition) is 5. The molecular weight excluding hydrogens is 322 g/mol. The Morgan fingerprint density at radius 1 is 1.25 bits per heavy atom. The number of ether oxygens (including phenoxy) is 1. The first-order valence-corrected chi connectivity index (χ1v) is 8.40. The van der Waals surface area contributed by atoms with Crippen molar-refractivity contribution in [1.82, 2.24) is 15.3 Å². The summed E-state index contributed by atoms with van der Waals surface area (Å²) in [5.74, 6) is 0.588. The summed E-state index contributed by atoms with van der Waals surface area (Å²) < 4.78 is 5.70. The quantitative estimate of drug-likeness (QED) is 0.748. The maximum Gasteiger partial charge on any atom is 0.271 e. The van der Waals surface area contributed by atoms with Crippen LogP contribution in [0.3, 0.4) is 0 Å². The number of carbonyl (C=O) groups excluding carboxylic acids is 1. The monoisotopic (exact) mass is 339 g/mol. The maximum atomic E-state index is 12.1. The van der Waals surface area contributed by atoms with Gasteiger partial charge in [0.05, 0.1) is 12.2 Å². The van der Waals surface area contributed by atoms with Crippen molar-refractivity contribution in [2.75, 3.05) is 0 Å². The number of aromatic nitrogens is 2. The smallest absolute Gasteiger partial charge is 0.271 e. The van der Waals surface area contributed by atoms with Crippen molar-refractivity contribution in [2.45, 2.75) is 20.1 Å². The van der Waals surface area contributed by atoms with E-state index >= 15 is 0 Å². The molecule has 3 rings (SSSR count). The number of rotatable bonds is 6. The Hall–Kier alpha value is -2.73. The Kier molecular flexibility index (Phi) is 5.18.